The average Bonchev–Trinajstić information content (AvgIpc) is 2.82. The predicted octanol–water partition coefficient (Wildman–Crippen LogP) is 9.55. The summed E-state index contributed by atoms with van der Waals surface area (Å²) in [7, 11) is 0. The van der Waals surface area contributed by atoms with Crippen molar-refractivity contribution in [3.63, 3.8) is 0 Å². The van der Waals surface area contributed by atoms with E-state index in [4.69, 9.17) is 4.98 Å². The molecule has 0 atom stereocenters. The van der Waals surface area contributed by atoms with Gasteiger partial charge in [-0.25, -0.2) is 0 Å². The van der Waals surface area contributed by atoms with Crippen LogP contribution in [0.4, 0.5) is 0 Å². The number of rotatable bonds is 0. The Morgan fingerprint density at radius 2 is 0.810 bits per heavy atom. The van der Waals surface area contributed by atoms with Gasteiger partial charge in [-0.3, -0.25) is 19.8 Å². The highest BCUT2D eigenvalue weighted by Crippen LogP contribution is 2.26. The second kappa shape index (κ2) is 13.9. The van der Waals surface area contributed by atoms with Crippen LogP contribution in [0.3, 0.4) is 0 Å². The van der Waals surface area contributed by atoms with E-state index in [0.29, 0.717) is 11.1 Å². The summed E-state index contributed by atoms with van der Waals surface area (Å²) in [6.07, 6.45) is 2.00. The number of piperazine rings is 1. The molecule has 240 valence electrons. The van der Waals surface area contributed by atoms with Gasteiger partial charge in [-0.2, -0.15) is 0 Å². The lowest BCUT2D eigenvalue weighted by Gasteiger charge is -2.46. The Labute approximate surface area is 262 Å². The average molecular weight is 581 g/mol. The third-order valence-electron chi connectivity index (χ3n) is 7.86. The van der Waals surface area contributed by atoms with E-state index in [1.807, 2.05) is 6.20 Å². The van der Waals surface area contributed by atoms with Crippen LogP contribution in [-0.4, -0.2) is 57.0 Å². The molecular weight excluding hydrogens is 512 g/mol. The largest absolute Gasteiger partial charge is 0.296 e. The highest BCUT2D eigenvalue weighted by Gasteiger charge is 2.30. The molecule has 0 radical (unpaired) electrons. The number of hydrogen-bond donors (Lipinski definition) is 0. The normalized spacial score (nSPS) is 16.2. The molecule has 0 N–H and O–H groups in total. The molecule has 0 bridgehead atoms. The zero-order chi connectivity index (χ0) is 32.9. The second-order valence-corrected chi connectivity index (χ2v) is 18.2. The second-order valence-electron chi connectivity index (χ2n) is 18.2. The summed E-state index contributed by atoms with van der Waals surface area (Å²) in [6, 6.07) is 10.6. The van der Waals surface area contributed by atoms with E-state index in [2.05, 4.69) is 170 Å². The number of nitrogens with zero attached hydrogens (tertiary/aromatic N) is 4. The monoisotopic (exact) mass is 581 g/mol. The van der Waals surface area contributed by atoms with Gasteiger partial charge in [0.25, 0.3) is 0 Å². The Morgan fingerprint density at radius 3 is 1.05 bits per heavy atom. The summed E-state index contributed by atoms with van der Waals surface area (Å²) in [5, 5.41) is 0. The van der Waals surface area contributed by atoms with Crippen molar-refractivity contribution in [3.8, 4) is 0 Å². The first kappa shape index (κ1) is 38.2. The summed E-state index contributed by atoms with van der Waals surface area (Å²) in [5.41, 5.74) is 6.10. The third-order valence-corrected chi connectivity index (χ3v) is 7.86. The van der Waals surface area contributed by atoms with E-state index in [-0.39, 0.29) is 21.7 Å². The van der Waals surface area contributed by atoms with Crippen LogP contribution < -0.4 is 0 Å². The molecule has 0 saturated carbocycles. The predicted molar refractivity (Wildman–Crippen MR) is 186 cm³/mol. The van der Waals surface area contributed by atoms with E-state index < -0.39 is 0 Å². The molecule has 0 amide bonds. The lowest BCUT2D eigenvalue weighted by Crippen LogP contribution is -2.57. The minimum Gasteiger partial charge on any atom is -0.296 e. The number of pyridine rings is 2. The Balaban J connectivity index is 0.000000315. The van der Waals surface area contributed by atoms with Crippen LogP contribution in [0.2, 0.25) is 0 Å². The van der Waals surface area contributed by atoms with Gasteiger partial charge in [-0.15, -0.1) is 0 Å². The maximum Gasteiger partial charge on any atom is 0.0460 e. The Kier molecular flexibility index (Phi) is 12.6. The third kappa shape index (κ3) is 12.8. The van der Waals surface area contributed by atoms with Crippen molar-refractivity contribution in [2.24, 2.45) is 0 Å². The number of hydrogen-bond acceptors (Lipinski definition) is 4. The smallest absolute Gasteiger partial charge is 0.0460 e. The Morgan fingerprint density at radius 1 is 0.452 bits per heavy atom. The van der Waals surface area contributed by atoms with Gasteiger partial charge in [-0.1, -0.05) is 95.2 Å². The molecule has 4 nitrogen and oxygen atoms in total. The highest BCUT2D eigenvalue weighted by atomic mass is 15.3. The van der Waals surface area contributed by atoms with Crippen molar-refractivity contribution in [1.29, 1.82) is 0 Å². The lowest BCUT2D eigenvalue weighted by molar-refractivity contribution is 0.0211. The van der Waals surface area contributed by atoms with E-state index in [1.54, 1.807) is 0 Å². The van der Waals surface area contributed by atoms with Crippen LogP contribution in [0.1, 0.15) is 147 Å². The molecule has 1 saturated heterocycles. The Hall–Kier alpha value is -1.78. The summed E-state index contributed by atoms with van der Waals surface area (Å²) in [5.74, 6) is 0. The number of aromatic nitrogens is 2. The molecule has 1 fully saturated rings. The summed E-state index contributed by atoms with van der Waals surface area (Å²) in [6.45, 7) is 45.0. The van der Waals surface area contributed by atoms with Gasteiger partial charge in [0.15, 0.2) is 0 Å². The minimum absolute atomic E-state index is 0.140. The quantitative estimate of drug-likeness (QED) is 0.311. The fraction of sp³-hybridized carbons (Fsp3) is 0.737. The molecular formula is C38H68N4. The topological polar surface area (TPSA) is 32.3 Å². The van der Waals surface area contributed by atoms with Gasteiger partial charge in [0.05, 0.1) is 0 Å². The fourth-order valence-corrected chi connectivity index (χ4v) is 4.60. The molecule has 2 aromatic heterocycles. The molecule has 3 heterocycles. The van der Waals surface area contributed by atoms with E-state index in [9.17, 15) is 0 Å². The molecule has 1 aliphatic heterocycles. The first-order chi connectivity index (χ1) is 18.6. The Bertz CT molecular complexity index is 981. The molecule has 1 aliphatic rings. The molecule has 4 heteroatoms. The van der Waals surface area contributed by atoms with Crippen molar-refractivity contribution in [2.75, 3.05) is 26.2 Å². The van der Waals surface area contributed by atoms with Gasteiger partial charge in [-0.05, 0) is 70.7 Å². The van der Waals surface area contributed by atoms with Crippen molar-refractivity contribution in [2.45, 2.75) is 157 Å². The maximum atomic E-state index is 4.72. The van der Waals surface area contributed by atoms with E-state index in [1.165, 1.54) is 43.1 Å². The molecule has 42 heavy (non-hydrogen) atoms. The first-order valence-electron chi connectivity index (χ1n) is 16.1. The zero-order valence-corrected chi connectivity index (χ0v) is 31.1. The standard InChI is InChI=1S/2C13H21N.C12H26N2/c1-12(2,3)10-7-8-11(14-9-10)13(4,5)6;1-12(2,3)10-8-7-9-11(14-10)13(4,5)6;1-11(2,3)13-7-9-14(10-8-13)12(4,5)6/h2*7-9H,1-6H3;7-10H2,1-6H3. The molecule has 0 spiro atoms. The minimum atomic E-state index is 0.140. The van der Waals surface area contributed by atoms with Crippen LogP contribution in [0.15, 0.2) is 36.5 Å². The first-order valence-corrected chi connectivity index (χ1v) is 16.1. The van der Waals surface area contributed by atoms with Gasteiger partial charge in [0, 0.05) is 76.8 Å². The molecule has 0 aliphatic carbocycles. The van der Waals surface area contributed by atoms with E-state index >= 15 is 0 Å². The van der Waals surface area contributed by atoms with Crippen molar-refractivity contribution in [1.82, 2.24) is 19.8 Å². The molecule has 0 unspecified atom stereocenters. The lowest BCUT2D eigenvalue weighted by atomic mass is 9.86. The zero-order valence-electron chi connectivity index (χ0n) is 31.1. The van der Waals surface area contributed by atoms with Gasteiger partial charge < -0.3 is 0 Å². The highest BCUT2D eigenvalue weighted by molar-refractivity contribution is 5.24. The maximum absolute atomic E-state index is 4.72. The van der Waals surface area contributed by atoms with Gasteiger partial charge >= 0.3 is 0 Å². The van der Waals surface area contributed by atoms with E-state index in [0.717, 1.165) is 5.69 Å². The summed E-state index contributed by atoms with van der Waals surface area (Å²) < 4.78 is 0. The fourth-order valence-electron chi connectivity index (χ4n) is 4.60. The molecule has 0 aromatic carbocycles. The van der Waals surface area contributed by atoms with Crippen LogP contribution in [-0.2, 0) is 21.7 Å². The van der Waals surface area contributed by atoms with Crippen LogP contribution in [0, 0.1) is 0 Å². The van der Waals surface area contributed by atoms with Crippen molar-refractivity contribution < 1.29 is 0 Å². The van der Waals surface area contributed by atoms with Crippen molar-refractivity contribution >= 4 is 0 Å². The summed E-state index contributed by atoms with van der Waals surface area (Å²) >= 11 is 0. The molecule has 3 rings (SSSR count). The SMILES string of the molecule is CC(C)(C)N1CCN(C(C)(C)C)CC1.CC(C)(C)c1ccc(C(C)(C)C)nc1.CC(C)(C)c1cccc(C(C)(C)C)n1. The van der Waals surface area contributed by atoms with Gasteiger partial charge in [0.2, 0.25) is 0 Å². The van der Waals surface area contributed by atoms with Crippen molar-refractivity contribution in [3.05, 3.63) is 59.2 Å². The van der Waals surface area contributed by atoms with Gasteiger partial charge in [0.1, 0.15) is 0 Å². The molecule has 2 aromatic rings. The van der Waals surface area contributed by atoms with Crippen LogP contribution in [0.25, 0.3) is 0 Å². The summed E-state index contributed by atoms with van der Waals surface area (Å²) in [4.78, 5) is 14.4. The van der Waals surface area contributed by atoms with Crippen LogP contribution >= 0.6 is 0 Å². The van der Waals surface area contributed by atoms with Crippen LogP contribution in [0.5, 0.6) is 0 Å².